The summed E-state index contributed by atoms with van der Waals surface area (Å²) >= 11 is 3.36. The van der Waals surface area contributed by atoms with Gasteiger partial charge in [0.2, 0.25) is 0 Å². The maximum atomic E-state index is 13.0. The van der Waals surface area contributed by atoms with Crippen LogP contribution in [-0.4, -0.2) is 30.7 Å². The third kappa shape index (κ3) is 3.38. The fraction of sp³-hybridized carbons (Fsp3) is 0.263. The van der Waals surface area contributed by atoms with Gasteiger partial charge in [-0.3, -0.25) is 9.69 Å². The molecule has 2 aromatic rings. The Morgan fingerprint density at radius 2 is 2.11 bits per heavy atom. The molecule has 0 aliphatic carbocycles. The first-order chi connectivity index (χ1) is 12.9. The minimum atomic E-state index is -2.22. The number of benzene rings is 2. The molecular formula is C19H20BrN3O4. The highest BCUT2D eigenvalue weighted by atomic mass is 79.9. The Labute approximate surface area is 165 Å². The number of urea groups is 1. The monoisotopic (exact) mass is 433 g/mol. The van der Waals surface area contributed by atoms with Crippen LogP contribution in [0.2, 0.25) is 0 Å². The molecule has 8 heteroatoms. The number of ether oxygens (including phenoxy) is 1. The first-order valence-electron chi connectivity index (χ1n) is 8.47. The lowest BCUT2D eigenvalue weighted by Gasteiger charge is -2.42. The predicted molar refractivity (Wildman–Crippen MR) is 106 cm³/mol. The quantitative estimate of drug-likeness (QED) is 0.675. The predicted octanol–water partition coefficient (Wildman–Crippen LogP) is 3.18. The van der Waals surface area contributed by atoms with Gasteiger partial charge in [-0.25, -0.2) is 4.79 Å². The molecule has 3 amide bonds. The van der Waals surface area contributed by atoms with Gasteiger partial charge in [0, 0.05) is 22.6 Å². The lowest BCUT2D eigenvalue weighted by molar-refractivity contribution is -0.140. The highest BCUT2D eigenvalue weighted by Gasteiger charge is 2.52. The molecule has 1 aliphatic heterocycles. The van der Waals surface area contributed by atoms with E-state index in [9.17, 15) is 14.7 Å². The van der Waals surface area contributed by atoms with Crippen molar-refractivity contribution in [1.82, 2.24) is 5.32 Å². The van der Waals surface area contributed by atoms with E-state index in [1.165, 1.54) is 7.11 Å². The molecule has 0 bridgehead atoms. The lowest BCUT2D eigenvalue weighted by atomic mass is 9.94. The first kappa shape index (κ1) is 19.2. The van der Waals surface area contributed by atoms with Crippen molar-refractivity contribution in [2.75, 3.05) is 23.9 Å². The van der Waals surface area contributed by atoms with E-state index >= 15 is 0 Å². The highest BCUT2D eigenvalue weighted by Crippen LogP contribution is 2.41. The minimum absolute atomic E-state index is 0.271. The number of nitrogens with one attached hydrogen (secondary N) is 2. The average molecular weight is 434 g/mol. The smallest absolute Gasteiger partial charge is 0.329 e. The summed E-state index contributed by atoms with van der Waals surface area (Å²) in [6, 6.07) is 11.0. The number of aliphatic hydroxyl groups is 1. The van der Waals surface area contributed by atoms with Gasteiger partial charge in [0.1, 0.15) is 5.75 Å². The summed E-state index contributed by atoms with van der Waals surface area (Å²) in [5.74, 6) is -0.182. The van der Waals surface area contributed by atoms with E-state index in [1.54, 1.807) is 42.5 Å². The van der Waals surface area contributed by atoms with Gasteiger partial charge < -0.3 is 20.5 Å². The van der Waals surface area contributed by atoms with Crippen LogP contribution in [0.3, 0.4) is 0 Å². The van der Waals surface area contributed by atoms with E-state index in [-0.39, 0.29) is 5.56 Å². The van der Waals surface area contributed by atoms with Crippen molar-refractivity contribution in [2.24, 2.45) is 0 Å². The Morgan fingerprint density at radius 3 is 2.81 bits per heavy atom. The summed E-state index contributed by atoms with van der Waals surface area (Å²) in [6.07, 6.45) is 0.693. The van der Waals surface area contributed by atoms with E-state index in [0.717, 1.165) is 4.90 Å². The number of hydrogen-bond donors (Lipinski definition) is 3. The molecule has 3 N–H and O–H groups in total. The summed E-state index contributed by atoms with van der Waals surface area (Å²) in [5.41, 5.74) is -1.25. The molecule has 2 aromatic carbocycles. The van der Waals surface area contributed by atoms with Crippen LogP contribution < -0.4 is 20.3 Å². The number of nitrogens with zero attached hydrogens (tertiary/aromatic N) is 1. The number of amides is 3. The van der Waals surface area contributed by atoms with Crippen LogP contribution >= 0.6 is 15.9 Å². The van der Waals surface area contributed by atoms with E-state index in [1.807, 2.05) is 6.92 Å². The van der Waals surface area contributed by atoms with Crippen molar-refractivity contribution in [2.45, 2.75) is 19.1 Å². The van der Waals surface area contributed by atoms with Gasteiger partial charge >= 0.3 is 6.03 Å². The second-order valence-electron chi connectivity index (χ2n) is 6.09. The number of anilines is 2. The zero-order valence-electron chi connectivity index (χ0n) is 15.0. The molecule has 3 rings (SSSR count). The van der Waals surface area contributed by atoms with Crippen molar-refractivity contribution >= 4 is 39.2 Å². The van der Waals surface area contributed by atoms with E-state index in [0.29, 0.717) is 34.6 Å². The number of rotatable bonds is 5. The van der Waals surface area contributed by atoms with Gasteiger partial charge in [-0.2, -0.15) is 0 Å². The zero-order chi connectivity index (χ0) is 19.6. The molecule has 1 heterocycles. The maximum Gasteiger partial charge on any atom is 0.329 e. The van der Waals surface area contributed by atoms with Gasteiger partial charge in [-0.1, -0.05) is 28.9 Å². The Kier molecular flexibility index (Phi) is 5.38. The molecule has 1 atom stereocenters. The summed E-state index contributed by atoms with van der Waals surface area (Å²) in [6.45, 7) is 2.28. The minimum Gasteiger partial charge on any atom is -0.497 e. The Balaban J connectivity index is 2.20. The number of carbonyl (C=O) groups is 2. The number of carbonyl (C=O) groups excluding carboxylic acids is 2. The van der Waals surface area contributed by atoms with Crippen LogP contribution in [0.15, 0.2) is 46.9 Å². The Bertz CT molecular complexity index is 889. The molecule has 0 saturated heterocycles. The molecule has 0 fully saturated rings. The third-order valence-corrected chi connectivity index (χ3v) is 4.78. The molecular weight excluding hydrogens is 414 g/mol. The Morgan fingerprint density at radius 1 is 1.33 bits per heavy atom. The van der Waals surface area contributed by atoms with Crippen LogP contribution in [0.5, 0.6) is 5.75 Å². The molecule has 7 nitrogen and oxygen atoms in total. The molecule has 0 aromatic heterocycles. The van der Waals surface area contributed by atoms with Gasteiger partial charge in [0.15, 0.2) is 0 Å². The van der Waals surface area contributed by atoms with Crippen LogP contribution in [0.1, 0.15) is 18.9 Å². The van der Waals surface area contributed by atoms with Crippen molar-refractivity contribution < 1.29 is 19.4 Å². The summed E-state index contributed by atoms with van der Waals surface area (Å²) in [7, 11) is 1.50. The van der Waals surface area contributed by atoms with Gasteiger partial charge in [0.25, 0.3) is 11.6 Å². The van der Waals surface area contributed by atoms with Crippen molar-refractivity contribution in [1.29, 1.82) is 0 Å². The Hall–Kier alpha value is -2.58. The zero-order valence-corrected chi connectivity index (χ0v) is 16.5. The summed E-state index contributed by atoms with van der Waals surface area (Å²) in [5, 5.41) is 17.0. The molecule has 1 unspecified atom stereocenters. The van der Waals surface area contributed by atoms with Gasteiger partial charge in [0.05, 0.1) is 18.5 Å². The fourth-order valence-corrected chi connectivity index (χ4v) is 3.35. The van der Waals surface area contributed by atoms with Gasteiger partial charge in [-0.15, -0.1) is 0 Å². The summed E-state index contributed by atoms with van der Waals surface area (Å²) in [4.78, 5) is 26.9. The SMILES string of the molecule is CCCNC(=O)C1(O)c2cc(Br)ccc2NC(=O)N1c1cccc(OC)c1. The molecule has 0 radical (unpaired) electrons. The maximum absolute atomic E-state index is 13.0. The highest BCUT2D eigenvalue weighted by molar-refractivity contribution is 9.10. The third-order valence-electron chi connectivity index (χ3n) is 4.29. The van der Waals surface area contributed by atoms with Crippen LogP contribution in [0, 0.1) is 0 Å². The molecule has 0 spiro atoms. The van der Waals surface area contributed by atoms with Crippen LogP contribution in [0.4, 0.5) is 16.2 Å². The topological polar surface area (TPSA) is 90.9 Å². The standard InChI is InChI=1S/C19H20BrN3O4/c1-3-9-21-17(24)19(26)15-10-12(20)7-8-16(15)22-18(25)23(19)13-5-4-6-14(11-13)27-2/h4-8,10-11,26H,3,9H2,1-2H3,(H,21,24)(H,22,25). The number of halogens is 1. The second kappa shape index (κ2) is 7.58. The lowest BCUT2D eigenvalue weighted by Crippen LogP contribution is -2.62. The molecule has 27 heavy (non-hydrogen) atoms. The summed E-state index contributed by atoms with van der Waals surface area (Å²) < 4.78 is 5.89. The molecule has 1 aliphatic rings. The number of methoxy groups -OCH3 is 1. The van der Waals surface area contributed by atoms with Crippen molar-refractivity contribution in [3.05, 3.63) is 52.5 Å². The van der Waals surface area contributed by atoms with Crippen LogP contribution in [0.25, 0.3) is 0 Å². The largest absolute Gasteiger partial charge is 0.497 e. The van der Waals surface area contributed by atoms with E-state index < -0.39 is 17.7 Å². The van der Waals surface area contributed by atoms with Crippen molar-refractivity contribution in [3.8, 4) is 5.75 Å². The first-order valence-corrected chi connectivity index (χ1v) is 9.27. The van der Waals surface area contributed by atoms with Crippen LogP contribution in [-0.2, 0) is 10.5 Å². The van der Waals surface area contributed by atoms with Crippen molar-refractivity contribution in [3.63, 3.8) is 0 Å². The average Bonchev–Trinajstić information content (AvgIpc) is 2.67. The molecule has 142 valence electrons. The van der Waals surface area contributed by atoms with E-state index in [4.69, 9.17) is 4.74 Å². The molecule has 0 saturated carbocycles. The number of fused-ring (bicyclic) bond motifs is 1. The normalized spacial score (nSPS) is 18.5. The fourth-order valence-electron chi connectivity index (χ4n) is 2.99. The van der Waals surface area contributed by atoms with E-state index in [2.05, 4.69) is 26.6 Å². The number of hydrogen-bond acceptors (Lipinski definition) is 4. The second-order valence-corrected chi connectivity index (χ2v) is 7.00. The van der Waals surface area contributed by atoms with Gasteiger partial charge in [-0.05, 0) is 36.8 Å².